The van der Waals surface area contributed by atoms with E-state index in [0.717, 1.165) is 24.0 Å². The maximum atomic E-state index is 10.8. The van der Waals surface area contributed by atoms with Crippen LogP contribution in [0.5, 0.6) is 11.8 Å². The number of non-ortho nitro benzene ring substituents is 1. The average molecular weight is 310 g/mol. The Kier molecular flexibility index (Phi) is 2.09. The van der Waals surface area contributed by atoms with Crippen molar-refractivity contribution in [2.45, 2.75) is 24.7 Å². The summed E-state index contributed by atoms with van der Waals surface area (Å²) in [4.78, 5) is 10.3. The molecule has 2 bridgehead atoms. The number of benzene rings is 1. The molecule has 1 aromatic carbocycles. The fraction of sp³-hybridized carbons (Fsp3) is 0.294. The number of aromatic nitrogens is 1. The molecule has 6 heteroatoms. The van der Waals surface area contributed by atoms with Gasteiger partial charge < -0.3 is 10.2 Å². The molecule has 3 aliphatic rings. The van der Waals surface area contributed by atoms with E-state index < -0.39 is 4.92 Å². The molecular formula is C17H14N2O4. The number of rotatable bonds is 2. The quantitative estimate of drug-likeness (QED) is 0.506. The first-order valence-corrected chi connectivity index (χ1v) is 7.64. The summed E-state index contributed by atoms with van der Waals surface area (Å²) in [5.74, 6) is 0.448. The molecule has 0 amide bonds. The summed E-state index contributed by atoms with van der Waals surface area (Å²) < 4.78 is 1.39. The van der Waals surface area contributed by atoms with E-state index in [0.29, 0.717) is 5.69 Å². The van der Waals surface area contributed by atoms with E-state index in [9.17, 15) is 20.3 Å². The fourth-order valence-electron chi connectivity index (χ4n) is 4.50. The first kappa shape index (κ1) is 12.8. The van der Waals surface area contributed by atoms with Crippen LogP contribution in [0.15, 0.2) is 36.4 Å². The molecule has 2 aromatic rings. The lowest BCUT2D eigenvalue weighted by atomic mass is 9.90. The molecule has 3 aliphatic carbocycles. The van der Waals surface area contributed by atoms with E-state index in [-0.39, 0.29) is 34.7 Å². The molecule has 1 spiro atoms. The third-order valence-electron chi connectivity index (χ3n) is 5.70. The number of nitrogens with zero attached hydrogens (tertiary/aromatic N) is 2. The Morgan fingerprint density at radius 2 is 1.57 bits per heavy atom. The average Bonchev–Trinajstić information content (AvgIpc) is 3.13. The van der Waals surface area contributed by atoms with Crippen LogP contribution < -0.4 is 0 Å². The fourth-order valence-corrected chi connectivity index (χ4v) is 4.50. The van der Waals surface area contributed by atoms with Crippen LogP contribution in [0.3, 0.4) is 0 Å². The van der Waals surface area contributed by atoms with Gasteiger partial charge in [0.15, 0.2) is 0 Å². The number of fused-ring (bicyclic) bond motifs is 3. The number of allylic oxidation sites excluding steroid dienone is 2. The van der Waals surface area contributed by atoms with Gasteiger partial charge in [0.25, 0.3) is 5.69 Å². The van der Waals surface area contributed by atoms with Crippen LogP contribution in [0, 0.1) is 15.5 Å². The first-order valence-electron chi connectivity index (χ1n) is 7.64. The molecule has 23 heavy (non-hydrogen) atoms. The summed E-state index contributed by atoms with van der Waals surface area (Å²) in [5.41, 5.74) is 2.33. The van der Waals surface area contributed by atoms with Crippen molar-refractivity contribution in [1.29, 1.82) is 0 Å². The van der Waals surface area contributed by atoms with Gasteiger partial charge in [0, 0.05) is 35.1 Å². The molecule has 1 fully saturated rings. The van der Waals surface area contributed by atoms with Gasteiger partial charge in [-0.3, -0.25) is 14.7 Å². The van der Waals surface area contributed by atoms with Gasteiger partial charge in [0.05, 0.1) is 10.6 Å². The summed E-state index contributed by atoms with van der Waals surface area (Å²) >= 11 is 0. The Balaban J connectivity index is 1.66. The van der Waals surface area contributed by atoms with Crippen molar-refractivity contribution in [1.82, 2.24) is 4.57 Å². The lowest BCUT2D eigenvalue weighted by Crippen LogP contribution is -2.06. The number of nitro groups is 1. The number of hydrogen-bond donors (Lipinski definition) is 2. The predicted octanol–water partition coefficient (Wildman–Crippen LogP) is 3.33. The highest BCUT2D eigenvalue weighted by molar-refractivity contribution is 5.66. The summed E-state index contributed by atoms with van der Waals surface area (Å²) in [7, 11) is 0. The van der Waals surface area contributed by atoms with Crippen molar-refractivity contribution < 1.29 is 15.1 Å². The van der Waals surface area contributed by atoms with Crippen LogP contribution in [0.25, 0.3) is 5.69 Å². The number of aromatic hydroxyl groups is 2. The van der Waals surface area contributed by atoms with Gasteiger partial charge in [-0.15, -0.1) is 0 Å². The third kappa shape index (κ3) is 1.34. The lowest BCUT2D eigenvalue weighted by Gasteiger charge is -2.16. The highest BCUT2D eigenvalue weighted by Gasteiger charge is 2.64. The van der Waals surface area contributed by atoms with E-state index in [4.69, 9.17) is 0 Å². The second-order valence-corrected chi connectivity index (χ2v) is 6.66. The molecule has 1 aromatic heterocycles. The van der Waals surface area contributed by atoms with Crippen molar-refractivity contribution in [2.24, 2.45) is 5.41 Å². The Bertz CT molecular complexity index is 851. The second kappa shape index (κ2) is 3.76. The summed E-state index contributed by atoms with van der Waals surface area (Å²) in [6.07, 6.45) is 6.53. The van der Waals surface area contributed by atoms with E-state index in [1.54, 1.807) is 0 Å². The zero-order chi connectivity index (χ0) is 15.9. The van der Waals surface area contributed by atoms with Crippen LogP contribution in [0.2, 0.25) is 0 Å². The number of hydrogen-bond acceptors (Lipinski definition) is 4. The van der Waals surface area contributed by atoms with Crippen molar-refractivity contribution in [3.8, 4) is 17.4 Å². The molecule has 1 heterocycles. The van der Waals surface area contributed by atoms with E-state index in [1.165, 1.54) is 28.8 Å². The highest BCUT2D eigenvalue weighted by atomic mass is 16.6. The second-order valence-electron chi connectivity index (χ2n) is 6.66. The summed E-state index contributed by atoms with van der Waals surface area (Å²) in [6, 6.07) is 5.81. The van der Waals surface area contributed by atoms with Crippen molar-refractivity contribution >= 4 is 5.69 Å². The molecule has 0 radical (unpaired) electrons. The van der Waals surface area contributed by atoms with Gasteiger partial charge in [-0.05, 0) is 30.4 Å². The van der Waals surface area contributed by atoms with Gasteiger partial charge in [0.2, 0.25) is 11.8 Å². The Morgan fingerprint density at radius 3 is 2.00 bits per heavy atom. The van der Waals surface area contributed by atoms with Gasteiger partial charge in [-0.1, -0.05) is 12.2 Å². The maximum Gasteiger partial charge on any atom is 0.269 e. The Hall–Kier alpha value is -2.76. The molecule has 6 nitrogen and oxygen atoms in total. The minimum absolute atomic E-state index is 0.0221. The topological polar surface area (TPSA) is 88.5 Å². The maximum absolute atomic E-state index is 10.8. The number of nitro benzene ring substituents is 1. The molecule has 2 atom stereocenters. The van der Waals surface area contributed by atoms with Gasteiger partial charge >= 0.3 is 0 Å². The monoisotopic (exact) mass is 310 g/mol. The summed E-state index contributed by atoms with van der Waals surface area (Å²) in [5, 5.41) is 32.1. The predicted molar refractivity (Wildman–Crippen MR) is 82.0 cm³/mol. The van der Waals surface area contributed by atoms with E-state index in [2.05, 4.69) is 12.2 Å². The Morgan fingerprint density at radius 1 is 1.04 bits per heavy atom. The molecular weight excluding hydrogens is 296 g/mol. The van der Waals surface area contributed by atoms with Crippen LogP contribution in [-0.4, -0.2) is 19.7 Å². The van der Waals surface area contributed by atoms with Gasteiger partial charge in [-0.2, -0.15) is 0 Å². The van der Waals surface area contributed by atoms with Gasteiger partial charge in [-0.25, -0.2) is 0 Å². The third-order valence-corrected chi connectivity index (χ3v) is 5.70. The highest BCUT2D eigenvalue weighted by Crippen LogP contribution is 2.76. The molecule has 2 N–H and O–H groups in total. The standard InChI is InChI=1S/C17H14N2O4/c20-15-13-11-5-6-12(17(11)7-8-17)14(13)16(21)18(15)9-1-3-10(4-2-9)19(22)23/h1-6,11-12,20-21H,7-8H2. The minimum Gasteiger partial charge on any atom is -0.494 e. The normalized spacial score (nSPS) is 25.0. The molecule has 5 rings (SSSR count). The summed E-state index contributed by atoms with van der Waals surface area (Å²) in [6.45, 7) is 0. The molecule has 116 valence electrons. The van der Waals surface area contributed by atoms with E-state index >= 15 is 0 Å². The van der Waals surface area contributed by atoms with Gasteiger partial charge in [0.1, 0.15) is 0 Å². The Labute approximate surface area is 131 Å². The van der Waals surface area contributed by atoms with Crippen LogP contribution in [0.1, 0.15) is 35.8 Å². The van der Waals surface area contributed by atoms with Crippen LogP contribution >= 0.6 is 0 Å². The zero-order valence-electron chi connectivity index (χ0n) is 12.1. The first-order chi connectivity index (χ1) is 11.0. The van der Waals surface area contributed by atoms with Crippen LogP contribution in [0.4, 0.5) is 5.69 Å². The van der Waals surface area contributed by atoms with Crippen molar-refractivity contribution in [3.05, 3.63) is 57.7 Å². The lowest BCUT2D eigenvalue weighted by molar-refractivity contribution is -0.384. The van der Waals surface area contributed by atoms with Crippen molar-refractivity contribution in [3.63, 3.8) is 0 Å². The van der Waals surface area contributed by atoms with Crippen molar-refractivity contribution in [2.75, 3.05) is 0 Å². The molecule has 0 aliphatic heterocycles. The van der Waals surface area contributed by atoms with E-state index in [1.807, 2.05) is 0 Å². The molecule has 0 saturated heterocycles. The SMILES string of the molecule is O=[N+]([O-])c1ccc(-n2c(O)c3c(c2O)C2C=CC3C23CC3)cc1. The zero-order valence-corrected chi connectivity index (χ0v) is 12.1. The van der Waals surface area contributed by atoms with Crippen LogP contribution in [-0.2, 0) is 0 Å². The molecule has 2 unspecified atom stereocenters. The smallest absolute Gasteiger partial charge is 0.269 e. The largest absolute Gasteiger partial charge is 0.494 e. The minimum atomic E-state index is -0.472. The molecule has 1 saturated carbocycles.